The Balaban J connectivity index is 3.35. The Kier molecular flexibility index (Phi) is 6.77. The second-order valence-corrected chi connectivity index (χ2v) is 2.45. The summed E-state index contributed by atoms with van der Waals surface area (Å²) < 4.78 is 56.3. The highest BCUT2D eigenvalue weighted by Crippen LogP contribution is 2.22. The first-order chi connectivity index (χ1) is 6.50. The van der Waals surface area contributed by atoms with Gasteiger partial charge in [-0.3, -0.25) is 0 Å². The van der Waals surface area contributed by atoms with E-state index in [0.717, 1.165) is 0 Å². The highest BCUT2D eigenvalue weighted by atomic mass is 19.3. The Morgan fingerprint density at radius 3 is 2.14 bits per heavy atom. The highest BCUT2D eigenvalue weighted by Gasteiger charge is 2.40. The van der Waals surface area contributed by atoms with Crippen LogP contribution in [0.1, 0.15) is 0 Å². The SMILES string of the molecule is OCCOCCOCC(F)(F)C(F)F. The number of ether oxygens (including phenoxy) is 2. The molecule has 0 heterocycles. The molecule has 0 aliphatic rings. The van der Waals surface area contributed by atoms with Gasteiger partial charge in [0.1, 0.15) is 6.61 Å². The molecule has 0 spiro atoms. The minimum absolute atomic E-state index is 0.0140. The maximum atomic E-state index is 12.2. The average Bonchev–Trinajstić information content (AvgIpc) is 2.10. The first kappa shape index (κ1) is 13.6. The first-order valence-corrected chi connectivity index (χ1v) is 3.93. The van der Waals surface area contributed by atoms with E-state index < -0.39 is 19.0 Å². The number of hydrogen-bond acceptors (Lipinski definition) is 3. The zero-order chi connectivity index (χ0) is 11.0. The summed E-state index contributed by atoms with van der Waals surface area (Å²) in [4.78, 5) is 0. The van der Waals surface area contributed by atoms with Crippen molar-refractivity contribution in [2.45, 2.75) is 12.3 Å². The van der Waals surface area contributed by atoms with E-state index in [4.69, 9.17) is 5.11 Å². The number of aliphatic hydroxyl groups is 1. The summed E-state index contributed by atoms with van der Waals surface area (Å²) in [6.07, 6.45) is -3.72. The first-order valence-electron chi connectivity index (χ1n) is 3.93. The van der Waals surface area contributed by atoms with Crippen molar-refractivity contribution in [3.63, 3.8) is 0 Å². The van der Waals surface area contributed by atoms with E-state index in [-0.39, 0.29) is 26.4 Å². The van der Waals surface area contributed by atoms with Gasteiger partial charge in [-0.05, 0) is 0 Å². The van der Waals surface area contributed by atoms with E-state index in [1.165, 1.54) is 0 Å². The third-order valence-electron chi connectivity index (χ3n) is 1.22. The van der Waals surface area contributed by atoms with Crippen LogP contribution in [0.3, 0.4) is 0 Å². The van der Waals surface area contributed by atoms with Gasteiger partial charge in [0.05, 0.1) is 26.4 Å². The molecule has 0 bridgehead atoms. The molecule has 0 fully saturated rings. The molecule has 0 saturated heterocycles. The molecule has 0 amide bonds. The molecular weight excluding hydrogens is 208 g/mol. The van der Waals surface area contributed by atoms with Gasteiger partial charge in [0, 0.05) is 0 Å². The predicted octanol–water partition coefficient (Wildman–Crippen LogP) is 0.912. The quantitative estimate of drug-likeness (QED) is 0.488. The van der Waals surface area contributed by atoms with Crippen molar-refractivity contribution in [1.82, 2.24) is 0 Å². The molecule has 1 N–H and O–H groups in total. The lowest BCUT2D eigenvalue weighted by atomic mass is 10.4. The zero-order valence-electron chi connectivity index (χ0n) is 7.39. The van der Waals surface area contributed by atoms with Crippen LogP contribution in [-0.2, 0) is 9.47 Å². The number of alkyl halides is 4. The summed E-state index contributed by atoms with van der Waals surface area (Å²) in [6, 6.07) is 0. The number of rotatable bonds is 8. The molecule has 7 heteroatoms. The van der Waals surface area contributed by atoms with Gasteiger partial charge in [0.15, 0.2) is 0 Å². The Labute approximate surface area is 78.6 Å². The summed E-state index contributed by atoms with van der Waals surface area (Å²) in [7, 11) is 0. The van der Waals surface area contributed by atoms with Crippen LogP contribution in [-0.4, -0.2) is 50.5 Å². The molecule has 3 nitrogen and oxygen atoms in total. The molecule has 0 unspecified atom stereocenters. The summed E-state index contributed by atoms with van der Waals surface area (Å²) in [5.41, 5.74) is 0. The Morgan fingerprint density at radius 1 is 1.07 bits per heavy atom. The molecule has 14 heavy (non-hydrogen) atoms. The minimum atomic E-state index is -4.11. The van der Waals surface area contributed by atoms with Gasteiger partial charge in [-0.1, -0.05) is 0 Å². The van der Waals surface area contributed by atoms with E-state index in [9.17, 15) is 17.6 Å². The number of aliphatic hydroxyl groups excluding tert-OH is 1. The smallest absolute Gasteiger partial charge is 0.330 e. The third kappa shape index (κ3) is 6.11. The molecule has 0 aromatic carbocycles. The van der Waals surface area contributed by atoms with Crippen molar-refractivity contribution in [1.29, 1.82) is 0 Å². The standard InChI is InChI=1S/C7H12F4O3/c8-6(9)7(10,11)5-14-4-3-13-2-1-12/h6,12H,1-5H2. The van der Waals surface area contributed by atoms with E-state index in [1.807, 2.05) is 0 Å². The second kappa shape index (κ2) is 6.97. The van der Waals surface area contributed by atoms with Crippen LogP contribution in [0.15, 0.2) is 0 Å². The van der Waals surface area contributed by atoms with Crippen LogP contribution in [0, 0.1) is 0 Å². The van der Waals surface area contributed by atoms with Gasteiger partial charge in [-0.2, -0.15) is 8.78 Å². The number of hydrogen-bond donors (Lipinski definition) is 1. The fraction of sp³-hybridized carbons (Fsp3) is 1.00. The number of halogens is 4. The van der Waals surface area contributed by atoms with Gasteiger partial charge in [-0.25, -0.2) is 8.78 Å². The summed E-state index contributed by atoms with van der Waals surface area (Å²) >= 11 is 0. The van der Waals surface area contributed by atoms with Crippen molar-refractivity contribution in [3.05, 3.63) is 0 Å². The monoisotopic (exact) mass is 220 g/mol. The topological polar surface area (TPSA) is 38.7 Å². The normalized spacial score (nSPS) is 12.4. The van der Waals surface area contributed by atoms with Crippen molar-refractivity contribution in [2.75, 3.05) is 33.0 Å². The molecule has 0 radical (unpaired) electrons. The molecule has 0 aromatic heterocycles. The predicted molar refractivity (Wildman–Crippen MR) is 39.7 cm³/mol. The molecule has 86 valence electrons. The molecule has 0 atom stereocenters. The fourth-order valence-corrected chi connectivity index (χ4v) is 0.556. The summed E-state index contributed by atoms with van der Waals surface area (Å²) in [5, 5.41) is 8.24. The summed E-state index contributed by atoms with van der Waals surface area (Å²) in [5.74, 6) is -4.11. The van der Waals surface area contributed by atoms with E-state index in [2.05, 4.69) is 9.47 Å². The molecule has 0 saturated carbocycles. The van der Waals surface area contributed by atoms with Crippen molar-refractivity contribution in [2.24, 2.45) is 0 Å². The van der Waals surface area contributed by atoms with Gasteiger partial charge < -0.3 is 14.6 Å². The van der Waals surface area contributed by atoms with Gasteiger partial charge >= 0.3 is 12.3 Å². The van der Waals surface area contributed by atoms with Crippen molar-refractivity contribution >= 4 is 0 Å². The molecular formula is C7H12F4O3. The van der Waals surface area contributed by atoms with Crippen LogP contribution < -0.4 is 0 Å². The van der Waals surface area contributed by atoms with Gasteiger partial charge in [0.25, 0.3) is 0 Å². The average molecular weight is 220 g/mol. The lowest BCUT2D eigenvalue weighted by molar-refractivity contribution is -0.168. The lowest BCUT2D eigenvalue weighted by Crippen LogP contribution is -2.32. The van der Waals surface area contributed by atoms with E-state index in [1.54, 1.807) is 0 Å². The van der Waals surface area contributed by atoms with Gasteiger partial charge in [0.2, 0.25) is 0 Å². The fourth-order valence-electron chi connectivity index (χ4n) is 0.556. The van der Waals surface area contributed by atoms with Crippen LogP contribution in [0.2, 0.25) is 0 Å². The molecule has 0 aliphatic heterocycles. The largest absolute Gasteiger partial charge is 0.394 e. The highest BCUT2D eigenvalue weighted by molar-refractivity contribution is 4.67. The van der Waals surface area contributed by atoms with Crippen LogP contribution >= 0.6 is 0 Å². The molecule has 0 rings (SSSR count). The van der Waals surface area contributed by atoms with Crippen LogP contribution in [0.25, 0.3) is 0 Å². The third-order valence-corrected chi connectivity index (χ3v) is 1.22. The van der Waals surface area contributed by atoms with E-state index >= 15 is 0 Å². The maximum absolute atomic E-state index is 12.2. The van der Waals surface area contributed by atoms with E-state index in [0.29, 0.717) is 0 Å². The maximum Gasteiger partial charge on any atom is 0.330 e. The Bertz CT molecular complexity index is 143. The zero-order valence-corrected chi connectivity index (χ0v) is 7.39. The van der Waals surface area contributed by atoms with Gasteiger partial charge in [-0.15, -0.1) is 0 Å². The molecule has 0 aliphatic carbocycles. The summed E-state index contributed by atoms with van der Waals surface area (Å²) in [6.45, 7) is -1.67. The Hall–Kier alpha value is -0.400. The van der Waals surface area contributed by atoms with Crippen LogP contribution in [0.4, 0.5) is 17.6 Å². The second-order valence-electron chi connectivity index (χ2n) is 2.45. The van der Waals surface area contributed by atoms with Crippen LogP contribution in [0.5, 0.6) is 0 Å². The Morgan fingerprint density at radius 2 is 1.64 bits per heavy atom. The lowest BCUT2D eigenvalue weighted by Gasteiger charge is -2.14. The molecule has 0 aromatic rings. The van der Waals surface area contributed by atoms with Crippen molar-refractivity contribution in [3.8, 4) is 0 Å². The van der Waals surface area contributed by atoms with Crippen molar-refractivity contribution < 1.29 is 32.1 Å². The minimum Gasteiger partial charge on any atom is -0.394 e.